The summed E-state index contributed by atoms with van der Waals surface area (Å²) < 4.78 is 5.56. The van der Waals surface area contributed by atoms with Crippen LogP contribution < -0.4 is 5.32 Å². The second-order valence-corrected chi connectivity index (χ2v) is 6.52. The van der Waals surface area contributed by atoms with Gasteiger partial charge in [0, 0.05) is 12.0 Å². The maximum Gasteiger partial charge on any atom is 0.311 e. The molecule has 0 amide bonds. The van der Waals surface area contributed by atoms with Crippen LogP contribution in [0.5, 0.6) is 0 Å². The predicted molar refractivity (Wildman–Crippen MR) is 91.8 cm³/mol. The molecule has 1 aromatic carbocycles. The Morgan fingerprint density at radius 2 is 2.04 bits per heavy atom. The van der Waals surface area contributed by atoms with Gasteiger partial charge in [-0.25, -0.2) is 4.98 Å². The summed E-state index contributed by atoms with van der Waals surface area (Å²) in [6.45, 7) is 9.27. The number of fused-ring (bicyclic) bond motifs is 1. The zero-order valence-corrected chi connectivity index (χ0v) is 14.0. The van der Waals surface area contributed by atoms with Gasteiger partial charge in [0.1, 0.15) is 11.9 Å². The Bertz CT molecular complexity index is 695. The minimum absolute atomic E-state index is 0.0190. The fourth-order valence-electron chi connectivity index (χ4n) is 2.34. The van der Waals surface area contributed by atoms with Crippen molar-refractivity contribution in [2.24, 2.45) is 5.41 Å². The molecule has 1 N–H and O–H groups in total. The first-order valence-electron chi connectivity index (χ1n) is 7.71. The minimum atomic E-state index is -0.401. The Labute approximate surface area is 136 Å². The van der Waals surface area contributed by atoms with E-state index in [0.717, 1.165) is 10.9 Å². The van der Waals surface area contributed by atoms with Gasteiger partial charge >= 0.3 is 5.69 Å². The van der Waals surface area contributed by atoms with E-state index in [1.54, 1.807) is 0 Å². The molecule has 0 bridgehead atoms. The third-order valence-corrected chi connectivity index (χ3v) is 3.80. The van der Waals surface area contributed by atoms with E-state index < -0.39 is 4.92 Å². The third-order valence-electron chi connectivity index (χ3n) is 3.80. The molecule has 0 radical (unpaired) electrons. The maximum absolute atomic E-state index is 11.4. The molecule has 0 saturated carbocycles. The largest absolute Gasteiger partial charge is 0.380 e. The van der Waals surface area contributed by atoms with E-state index in [1.807, 2.05) is 31.2 Å². The molecule has 23 heavy (non-hydrogen) atoms. The molecule has 0 aliphatic carbocycles. The SMILES string of the molecule is CCOC[C@@H](Nc1c([N+](=O)[O-])cnc2ccccc12)C(C)(C)C. The van der Waals surface area contributed by atoms with Crippen molar-refractivity contribution in [1.29, 1.82) is 0 Å². The van der Waals surface area contributed by atoms with Crippen molar-refractivity contribution in [1.82, 2.24) is 4.98 Å². The summed E-state index contributed by atoms with van der Waals surface area (Å²) >= 11 is 0. The number of aromatic nitrogens is 1. The summed E-state index contributed by atoms with van der Waals surface area (Å²) in [5.74, 6) is 0. The zero-order chi connectivity index (χ0) is 17.0. The Balaban J connectivity index is 2.50. The van der Waals surface area contributed by atoms with Crippen molar-refractivity contribution < 1.29 is 9.66 Å². The lowest BCUT2D eigenvalue weighted by molar-refractivity contribution is -0.384. The molecular weight excluding hydrogens is 294 g/mol. The van der Waals surface area contributed by atoms with E-state index in [0.29, 0.717) is 18.9 Å². The van der Waals surface area contributed by atoms with Gasteiger partial charge in [-0.15, -0.1) is 0 Å². The van der Waals surface area contributed by atoms with Crippen LogP contribution in [-0.2, 0) is 4.74 Å². The van der Waals surface area contributed by atoms with Crippen LogP contribution in [0.3, 0.4) is 0 Å². The number of hydrogen-bond donors (Lipinski definition) is 1. The molecule has 6 heteroatoms. The summed E-state index contributed by atoms with van der Waals surface area (Å²) in [7, 11) is 0. The molecule has 1 atom stereocenters. The average molecular weight is 317 g/mol. The number of nitrogens with one attached hydrogen (secondary N) is 1. The molecule has 2 aromatic rings. The number of nitrogens with zero attached hydrogens (tertiary/aromatic N) is 2. The molecule has 0 unspecified atom stereocenters. The summed E-state index contributed by atoms with van der Waals surface area (Å²) in [6, 6.07) is 7.35. The van der Waals surface area contributed by atoms with Crippen molar-refractivity contribution in [3.8, 4) is 0 Å². The summed E-state index contributed by atoms with van der Waals surface area (Å²) in [6.07, 6.45) is 1.31. The molecular formula is C17H23N3O3. The lowest BCUT2D eigenvalue weighted by atomic mass is 9.87. The molecule has 1 heterocycles. The highest BCUT2D eigenvalue weighted by Crippen LogP contribution is 2.34. The highest BCUT2D eigenvalue weighted by Gasteiger charge is 2.28. The normalized spacial score (nSPS) is 13.0. The fraction of sp³-hybridized carbons (Fsp3) is 0.471. The van der Waals surface area contributed by atoms with Crippen molar-refractivity contribution in [3.63, 3.8) is 0 Å². The fourth-order valence-corrected chi connectivity index (χ4v) is 2.34. The van der Waals surface area contributed by atoms with Crippen LogP contribution in [0.1, 0.15) is 27.7 Å². The number of pyridine rings is 1. The average Bonchev–Trinajstić information content (AvgIpc) is 2.49. The lowest BCUT2D eigenvalue weighted by Crippen LogP contribution is -2.38. The van der Waals surface area contributed by atoms with Crippen molar-refractivity contribution in [2.45, 2.75) is 33.7 Å². The number of hydrogen-bond acceptors (Lipinski definition) is 5. The van der Waals surface area contributed by atoms with Crippen molar-refractivity contribution in [2.75, 3.05) is 18.5 Å². The number of ether oxygens (including phenoxy) is 1. The van der Waals surface area contributed by atoms with Crippen LogP contribution >= 0.6 is 0 Å². The van der Waals surface area contributed by atoms with Crippen LogP contribution in [0.25, 0.3) is 10.9 Å². The first-order chi connectivity index (χ1) is 10.8. The Morgan fingerprint density at radius 1 is 1.35 bits per heavy atom. The third kappa shape index (κ3) is 3.96. The quantitative estimate of drug-likeness (QED) is 0.643. The van der Waals surface area contributed by atoms with Crippen LogP contribution in [0, 0.1) is 15.5 Å². The highest BCUT2D eigenvalue weighted by atomic mass is 16.6. The van der Waals surface area contributed by atoms with Crippen LogP contribution in [-0.4, -0.2) is 29.2 Å². The molecule has 0 spiro atoms. The van der Waals surface area contributed by atoms with Gasteiger partial charge in [-0.2, -0.15) is 0 Å². The Kier molecular flexibility index (Phi) is 5.15. The molecule has 2 rings (SSSR count). The standard InChI is InChI=1S/C17H23N3O3/c1-5-23-11-15(17(2,3)4)19-16-12-8-6-7-9-13(12)18-10-14(16)20(21)22/h6-10,15H,5,11H2,1-4H3,(H,18,19)/t15-/m1/s1. The summed E-state index contributed by atoms with van der Waals surface area (Å²) in [4.78, 5) is 15.2. The van der Waals surface area contributed by atoms with E-state index in [-0.39, 0.29) is 17.1 Å². The molecule has 6 nitrogen and oxygen atoms in total. The first kappa shape index (κ1) is 17.1. The van der Waals surface area contributed by atoms with Gasteiger partial charge in [-0.3, -0.25) is 10.1 Å². The van der Waals surface area contributed by atoms with Crippen LogP contribution in [0.15, 0.2) is 30.5 Å². The van der Waals surface area contributed by atoms with Gasteiger partial charge in [0.2, 0.25) is 0 Å². The smallest absolute Gasteiger partial charge is 0.311 e. The number of benzene rings is 1. The molecule has 0 fully saturated rings. The van der Waals surface area contributed by atoms with E-state index in [2.05, 4.69) is 31.1 Å². The van der Waals surface area contributed by atoms with Gasteiger partial charge < -0.3 is 10.1 Å². The van der Waals surface area contributed by atoms with Crippen molar-refractivity contribution in [3.05, 3.63) is 40.6 Å². The van der Waals surface area contributed by atoms with Crippen LogP contribution in [0.2, 0.25) is 0 Å². The van der Waals surface area contributed by atoms with E-state index in [9.17, 15) is 10.1 Å². The molecule has 1 aromatic heterocycles. The Morgan fingerprint density at radius 3 is 2.65 bits per heavy atom. The Hall–Kier alpha value is -2.21. The van der Waals surface area contributed by atoms with Crippen molar-refractivity contribution >= 4 is 22.3 Å². The lowest BCUT2D eigenvalue weighted by Gasteiger charge is -2.32. The number of para-hydroxylation sites is 1. The van der Waals surface area contributed by atoms with Gasteiger partial charge in [0.15, 0.2) is 0 Å². The number of nitro groups is 1. The summed E-state index contributed by atoms with van der Waals surface area (Å²) in [5.41, 5.74) is 1.09. The van der Waals surface area contributed by atoms with Gasteiger partial charge in [0.05, 0.1) is 23.1 Å². The molecule has 0 aliphatic heterocycles. The molecule has 0 aliphatic rings. The summed E-state index contributed by atoms with van der Waals surface area (Å²) in [5, 5.41) is 15.5. The molecule has 124 valence electrons. The maximum atomic E-state index is 11.4. The number of rotatable bonds is 6. The topological polar surface area (TPSA) is 77.3 Å². The van der Waals surface area contributed by atoms with Gasteiger partial charge in [0.25, 0.3) is 0 Å². The van der Waals surface area contributed by atoms with E-state index in [4.69, 9.17) is 4.74 Å². The van der Waals surface area contributed by atoms with Gasteiger partial charge in [-0.05, 0) is 18.4 Å². The van der Waals surface area contributed by atoms with Gasteiger partial charge in [-0.1, -0.05) is 39.0 Å². The second kappa shape index (κ2) is 6.91. The van der Waals surface area contributed by atoms with Crippen LogP contribution in [0.4, 0.5) is 11.4 Å². The zero-order valence-electron chi connectivity index (χ0n) is 14.0. The monoisotopic (exact) mass is 317 g/mol. The highest BCUT2D eigenvalue weighted by molar-refractivity contribution is 5.95. The molecule has 0 saturated heterocycles. The van der Waals surface area contributed by atoms with E-state index >= 15 is 0 Å². The predicted octanol–water partition coefficient (Wildman–Crippen LogP) is 4.01. The second-order valence-electron chi connectivity index (χ2n) is 6.52. The first-order valence-corrected chi connectivity index (χ1v) is 7.71. The number of anilines is 1. The van der Waals surface area contributed by atoms with E-state index in [1.165, 1.54) is 6.20 Å². The minimum Gasteiger partial charge on any atom is -0.380 e.